The molecule has 1 saturated carbocycles. The quantitative estimate of drug-likeness (QED) is 0.772. The number of nitrogens with two attached hydrogens (primary N) is 1. The molecule has 3 N–H and O–H groups in total. The summed E-state index contributed by atoms with van der Waals surface area (Å²) in [6.45, 7) is 1.07. The molecule has 1 fully saturated rings. The van der Waals surface area contributed by atoms with Crippen molar-refractivity contribution in [3.63, 3.8) is 0 Å². The summed E-state index contributed by atoms with van der Waals surface area (Å²) >= 11 is 0. The van der Waals surface area contributed by atoms with Gasteiger partial charge in [-0.1, -0.05) is 12.8 Å². The van der Waals surface area contributed by atoms with E-state index in [0.29, 0.717) is 30.5 Å². The number of aromatic nitrogens is 1. The van der Waals surface area contributed by atoms with Gasteiger partial charge in [-0.25, -0.2) is 0 Å². The van der Waals surface area contributed by atoms with Crippen molar-refractivity contribution in [2.75, 3.05) is 18.9 Å². The third kappa shape index (κ3) is 3.43. The molecular weight excluding hydrogens is 230 g/mol. The number of anilines is 1. The number of hydrogen-bond acceptors (Lipinski definition) is 4. The average molecular weight is 249 g/mol. The van der Waals surface area contributed by atoms with Gasteiger partial charge in [-0.2, -0.15) is 0 Å². The van der Waals surface area contributed by atoms with E-state index in [1.54, 1.807) is 12.3 Å². The number of pyridine rings is 1. The van der Waals surface area contributed by atoms with Crippen molar-refractivity contribution in [2.45, 2.75) is 31.8 Å². The Hall–Kier alpha value is -1.62. The van der Waals surface area contributed by atoms with Gasteiger partial charge in [0, 0.05) is 12.7 Å². The van der Waals surface area contributed by atoms with Gasteiger partial charge in [0.2, 0.25) is 0 Å². The Labute approximate surface area is 107 Å². The predicted octanol–water partition coefficient (Wildman–Crippen LogP) is 1.35. The molecular formula is C13H19N3O2. The summed E-state index contributed by atoms with van der Waals surface area (Å²) in [5.74, 6) is -0.176. The van der Waals surface area contributed by atoms with E-state index in [2.05, 4.69) is 10.3 Å². The van der Waals surface area contributed by atoms with Crippen LogP contribution in [0, 0.1) is 0 Å². The number of ether oxygens (including phenoxy) is 1. The molecule has 0 unspecified atom stereocenters. The fourth-order valence-corrected chi connectivity index (χ4v) is 2.15. The van der Waals surface area contributed by atoms with Crippen LogP contribution in [0.5, 0.6) is 0 Å². The summed E-state index contributed by atoms with van der Waals surface area (Å²) in [5.41, 5.74) is 6.53. The van der Waals surface area contributed by atoms with Gasteiger partial charge < -0.3 is 15.8 Å². The van der Waals surface area contributed by atoms with Crippen LogP contribution >= 0.6 is 0 Å². The monoisotopic (exact) mass is 249 g/mol. The van der Waals surface area contributed by atoms with Crippen LogP contribution < -0.4 is 11.1 Å². The van der Waals surface area contributed by atoms with Gasteiger partial charge in [0.05, 0.1) is 30.2 Å². The van der Waals surface area contributed by atoms with Crippen molar-refractivity contribution < 1.29 is 9.53 Å². The fourth-order valence-electron chi connectivity index (χ4n) is 2.15. The second kappa shape index (κ2) is 6.35. The molecule has 18 heavy (non-hydrogen) atoms. The highest BCUT2D eigenvalue weighted by Crippen LogP contribution is 2.20. The molecule has 1 aliphatic rings. The molecule has 1 aromatic rings. The maximum Gasteiger partial charge on any atom is 0.253 e. The topological polar surface area (TPSA) is 77.2 Å². The molecule has 1 aromatic heterocycles. The Kier molecular flexibility index (Phi) is 4.52. The highest BCUT2D eigenvalue weighted by Gasteiger charge is 2.15. The van der Waals surface area contributed by atoms with Crippen molar-refractivity contribution in [1.82, 2.24) is 10.3 Å². The first-order valence-electron chi connectivity index (χ1n) is 6.36. The van der Waals surface area contributed by atoms with Crippen molar-refractivity contribution >= 4 is 11.6 Å². The highest BCUT2D eigenvalue weighted by molar-refractivity contribution is 5.98. The molecule has 1 amide bonds. The van der Waals surface area contributed by atoms with Crippen molar-refractivity contribution in [1.29, 1.82) is 0 Å². The number of nitrogens with zero attached hydrogens (tertiary/aromatic N) is 1. The lowest BCUT2D eigenvalue weighted by Crippen LogP contribution is -2.29. The normalized spacial score (nSPS) is 15.8. The minimum absolute atomic E-state index is 0.176. The van der Waals surface area contributed by atoms with E-state index < -0.39 is 0 Å². The SMILES string of the molecule is Nc1cnccc1C(=O)NCCOC1CCCC1. The summed E-state index contributed by atoms with van der Waals surface area (Å²) in [5, 5.41) is 2.79. The molecule has 1 heterocycles. The molecule has 5 nitrogen and oxygen atoms in total. The first-order valence-corrected chi connectivity index (χ1v) is 6.36. The Balaban J connectivity index is 1.70. The number of amides is 1. The minimum atomic E-state index is -0.176. The lowest BCUT2D eigenvalue weighted by molar-refractivity contribution is 0.0582. The highest BCUT2D eigenvalue weighted by atomic mass is 16.5. The molecule has 0 atom stereocenters. The second-order valence-electron chi connectivity index (χ2n) is 4.50. The molecule has 2 rings (SSSR count). The Morgan fingerprint density at radius 2 is 2.28 bits per heavy atom. The number of nitrogens with one attached hydrogen (secondary N) is 1. The summed E-state index contributed by atoms with van der Waals surface area (Å²) in [6.07, 6.45) is 8.21. The third-order valence-corrected chi connectivity index (χ3v) is 3.14. The van der Waals surface area contributed by atoms with Crippen molar-refractivity contribution in [3.05, 3.63) is 24.0 Å². The lowest BCUT2D eigenvalue weighted by Gasteiger charge is -2.11. The summed E-state index contributed by atoms with van der Waals surface area (Å²) in [7, 11) is 0. The minimum Gasteiger partial charge on any atom is -0.397 e. The van der Waals surface area contributed by atoms with Crippen LogP contribution in [0.15, 0.2) is 18.5 Å². The van der Waals surface area contributed by atoms with Gasteiger partial charge in [-0.15, -0.1) is 0 Å². The zero-order chi connectivity index (χ0) is 12.8. The Morgan fingerprint density at radius 3 is 3.00 bits per heavy atom. The van der Waals surface area contributed by atoms with E-state index in [1.165, 1.54) is 19.0 Å². The van der Waals surface area contributed by atoms with Crippen LogP contribution in [0.1, 0.15) is 36.0 Å². The second-order valence-corrected chi connectivity index (χ2v) is 4.50. The van der Waals surface area contributed by atoms with Gasteiger partial charge in [0.25, 0.3) is 5.91 Å². The van der Waals surface area contributed by atoms with E-state index in [4.69, 9.17) is 10.5 Å². The van der Waals surface area contributed by atoms with Crippen LogP contribution in [0.3, 0.4) is 0 Å². The molecule has 98 valence electrons. The van der Waals surface area contributed by atoms with Crippen LogP contribution in [0.25, 0.3) is 0 Å². The zero-order valence-corrected chi connectivity index (χ0v) is 10.4. The van der Waals surface area contributed by atoms with Gasteiger partial charge in [-0.05, 0) is 18.9 Å². The van der Waals surface area contributed by atoms with E-state index in [-0.39, 0.29) is 5.91 Å². The zero-order valence-electron chi connectivity index (χ0n) is 10.4. The van der Waals surface area contributed by atoms with E-state index >= 15 is 0 Å². The van der Waals surface area contributed by atoms with Crippen LogP contribution in [-0.4, -0.2) is 30.1 Å². The number of carbonyl (C=O) groups excluding carboxylic acids is 1. The molecule has 0 saturated heterocycles. The first kappa shape index (κ1) is 12.8. The van der Waals surface area contributed by atoms with E-state index in [1.807, 2.05) is 0 Å². The molecule has 0 bridgehead atoms. The van der Waals surface area contributed by atoms with Crippen LogP contribution in [0.4, 0.5) is 5.69 Å². The number of hydrogen-bond donors (Lipinski definition) is 2. The smallest absolute Gasteiger partial charge is 0.253 e. The third-order valence-electron chi connectivity index (χ3n) is 3.14. The maximum atomic E-state index is 11.8. The molecule has 1 aliphatic carbocycles. The first-order chi connectivity index (χ1) is 8.77. The largest absolute Gasteiger partial charge is 0.397 e. The summed E-state index contributed by atoms with van der Waals surface area (Å²) < 4.78 is 5.66. The number of rotatable bonds is 5. The molecule has 0 aliphatic heterocycles. The average Bonchev–Trinajstić information content (AvgIpc) is 2.88. The predicted molar refractivity (Wildman–Crippen MR) is 69.2 cm³/mol. The van der Waals surface area contributed by atoms with Gasteiger partial charge >= 0.3 is 0 Å². The fraction of sp³-hybridized carbons (Fsp3) is 0.538. The molecule has 0 radical (unpaired) electrons. The number of nitrogen functional groups attached to an aromatic ring is 1. The maximum absolute atomic E-state index is 11.8. The van der Waals surface area contributed by atoms with Crippen molar-refractivity contribution in [3.8, 4) is 0 Å². The molecule has 5 heteroatoms. The molecule has 0 spiro atoms. The van der Waals surface area contributed by atoms with Gasteiger partial charge in [-0.3, -0.25) is 9.78 Å². The standard InChI is InChI=1S/C13H19N3O2/c14-12-9-15-6-5-11(12)13(17)16-7-8-18-10-3-1-2-4-10/h5-6,9-10H,1-4,7-8,14H2,(H,16,17). The van der Waals surface area contributed by atoms with Gasteiger partial charge in [0.1, 0.15) is 0 Å². The number of carbonyl (C=O) groups is 1. The van der Waals surface area contributed by atoms with E-state index in [9.17, 15) is 4.79 Å². The molecule has 0 aromatic carbocycles. The van der Waals surface area contributed by atoms with E-state index in [0.717, 1.165) is 12.8 Å². The van der Waals surface area contributed by atoms with Crippen LogP contribution in [-0.2, 0) is 4.74 Å². The van der Waals surface area contributed by atoms with Crippen molar-refractivity contribution in [2.24, 2.45) is 0 Å². The van der Waals surface area contributed by atoms with Gasteiger partial charge in [0.15, 0.2) is 0 Å². The lowest BCUT2D eigenvalue weighted by atomic mass is 10.2. The summed E-state index contributed by atoms with van der Waals surface area (Å²) in [4.78, 5) is 15.6. The Morgan fingerprint density at radius 1 is 1.50 bits per heavy atom. The summed E-state index contributed by atoms with van der Waals surface area (Å²) in [6, 6.07) is 1.61. The Bertz CT molecular complexity index is 403. The van der Waals surface area contributed by atoms with Crippen LogP contribution in [0.2, 0.25) is 0 Å².